The van der Waals surface area contributed by atoms with Gasteiger partial charge in [0, 0.05) is 22.2 Å². The molecule has 1 aromatic rings. The number of carbonyl (C=O) groups excluding carboxylic acids is 2. The van der Waals surface area contributed by atoms with E-state index in [0.717, 1.165) is 3.57 Å². The van der Waals surface area contributed by atoms with Crippen molar-refractivity contribution in [3.63, 3.8) is 0 Å². The fraction of sp³-hybridized carbons (Fsp3) is 0.429. The molecule has 2 amide bonds. The molecule has 120 valence electrons. The first kappa shape index (κ1) is 17.2. The number of nitrogens with one attached hydrogen (secondary N) is 1. The summed E-state index contributed by atoms with van der Waals surface area (Å²) in [5, 5.41) is 2.65. The number of halogens is 1. The van der Waals surface area contributed by atoms with Gasteiger partial charge in [-0.3, -0.25) is 9.59 Å². The Labute approximate surface area is 143 Å². The molecule has 0 saturated carbocycles. The minimum atomic E-state index is -3.03. The number of rotatable bonds is 3. The van der Waals surface area contributed by atoms with Crippen LogP contribution in [0, 0.1) is 3.57 Å². The quantitative estimate of drug-likeness (QED) is 0.707. The number of nitrogens with zero attached hydrogens (tertiary/aromatic N) is 1. The van der Waals surface area contributed by atoms with Crippen molar-refractivity contribution in [1.29, 1.82) is 0 Å². The Balaban J connectivity index is 1.94. The summed E-state index contributed by atoms with van der Waals surface area (Å²) in [5.74, 6) is -0.608. The topological polar surface area (TPSA) is 83.6 Å². The Kier molecular flexibility index (Phi) is 5.43. The van der Waals surface area contributed by atoms with Gasteiger partial charge in [0.05, 0.1) is 11.5 Å². The molecule has 1 saturated heterocycles. The van der Waals surface area contributed by atoms with E-state index in [1.807, 2.05) is 12.1 Å². The molecule has 1 heterocycles. The summed E-state index contributed by atoms with van der Waals surface area (Å²) in [4.78, 5) is 25.8. The third-order valence-electron chi connectivity index (χ3n) is 3.48. The minimum Gasteiger partial charge on any atom is -0.341 e. The predicted molar refractivity (Wildman–Crippen MR) is 91.3 cm³/mol. The average Bonchev–Trinajstić information content (AvgIpc) is 2.47. The Morgan fingerprint density at radius 3 is 2.27 bits per heavy atom. The molecule has 0 aliphatic carbocycles. The maximum Gasteiger partial charge on any atom is 0.251 e. The van der Waals surface area contributed by atoms with E-state index in [4.69, 9.17) is 0 Å². The fourth-order valence-corrected chi connectivity index (χ4v) is 3.71. The zero-order valence-corrected chi connectivity index (χ0v) is 15.1. The van der Waals surface area contributed by atoms with Gasteiger partial charge in [0.1, 0.15) is 6.04 Å². The Morgan fingerprint density at radius 1 is 1.18 bits per heavy atom. The highest BCUT2D eigenvalue weighted by Gasteiger charge is 2.28. The zero-order valence-electron chi connectivity index (χ0n) is 12.1. The molecule has 1 unspecified atom stereocenters. The molecule has 1 aliphatic heterocycles. The molecule has 2 rings (SSSR count). The van der Waals surface area contributed by atoms with E-state index in [1.165, 1.54) is 4.90 Å². The number of hydrogen-bond acceptors (Lipinski definition) is 4. The van der Waals surface area contributed by atoms with Crippen molar-refractivity contribution in [2.45, 2.75) is 13.0 Å². The molecule has 0 spiro atoms. The van der Waals surface area contributed by atoms with E-state index in [0.29, 0.717) is 5.56 Å². The summed E-state index contributed by atoms with van der Waals surface area (Å²) >= 11 is 2.15. The number of amides is 2. The van der Waals surface area contributed by atoms with Gasteiger partial charge in [-0.1, -0.05) is 0 Å². The van der Waals surface area contributed by atoms with Crippen LogP contribution in [0.3, 0.4) is 0 Å². The molecule has 1 N–H and O–H groups in total. The largest absolute Gasteiger partial charge is 0.341 e. The highest BCUT2D eigenvalue weighted by molar-refractivity contribution is 14.1. The van der Waals surface area contributed by atoms with Crippen LogP contribution in [0.5, 0.6) is 0 Å². The summed E-state index contributed by atoms with van der Waals surface area (Å²) in [6.45, 7) is 1.98. The molecule has 0 aromatic heterocycles. The second-order valence-electron chi connectivity index (χ2n) is 5.18. The molecule has 1 fully saturated rings. The van der Waals surface area contributed by atoms with Crippen molar-refractivity contribution in [1.82, 2.24) is 10.2 Å². The van der Waals surface area contributed by atoms with E-state index < -0.39 is 15.9 Å². The maximum absolute atomic E-state index is 12.2. The van der Waals surface area contributed by atoms with E-state index in [9.17, 15) is 18.0 Å². The van der Waals surface area contributed by atoms with E-state index in [1.54, 1.807) is 19.1 Å². The van der Waals surface area contributed by atoms with E-state index in [-0.39, 0.29) is 36.4 Å². The lowest BCUT2D eigenvalue weighted by Gasteiger charge is -2.29. The van der Waals surface area contributed by atoms with Crippen LogP contribution in [0.4, 0.5) is 0 Å². The van der Waals surface area contributed by atoms with Crippen LogP contribution in [-0.2, 0) is 14.6 Å². The predicted octanol–water partition coefficient (Wildman–Crippen LogP) is 0.667. The first-order valence-electron chi connectivity index (χ1n) is 6.84. The molecular weight excluding hydrogens is 419 g/mol. The number of sulfone groups is 1. The maximum atomic E-state index is 12.2. The summed E-state index contributed by atoms with van der Waals surface area (Å²) in [5.41, 5.74) is 0.487. The first-order valence-corrected chi connectivity index (χ1v) is 9.74. The number of benzene rings is 1. The molecule has 0 bridgehead atoms. The van der Waals surface area contributed by atoms with Gasteiger partial charge in [-0.05, 0) is 53.8 Å². The van der Waals surface area contributed by atoms with Gasteiger partial charge >= 0.3 is 0 Å². The molecular formula is C14H17IN2O4S. The minimum absolute atomic E-state index is 0.0173. The lowest BCUT2D eigenvalue weighted by Crippen LogP contribution is -2.51. The van der Waals surface area contributed by atoms with Crippen LogP contribution in [0.2, 0.25) is 0 Å². The monoisotopic (exact) mass is 436 g/mol. The van der Waals surface area contributed by atoms with Gasteiger partial charge in [-0.2, -0.15) is 0 Å². The average molecular weight is 436 g/mol. The van der Waals surface area contributed by atoms with Crippen LogP contribution in [-0.4, -0.2) is 55.8 Å². The Hall–Kier alpha value is -1.16. The SMILES string of the molecule is CC(NC(=O)c1ccc(I)cc1)C(=O)N1CCS(=O)(=O)CC1. The molecule has 0 radical (unpaired) electrons. The van der Waals surface area contributed by atoms with Gasteiger partial charge in [-0.15, -0.1) is 0 Å². The van der Waals surface area contributed by atoms with Crippen molar-refractivity contribution in [2.24, 2.45) is 0 Å². The van der Waals surface area contributed by atoms with Gasteiger partial charge < -0.3 is 10.2 Å². The summed E-state index contributed by atoms with van der Waals surface area (Å²) < 4.78 is 23.8. The van der Waals surface area contributed by atoms with Crippen LogP contribution in [0.15, 0.2) is 24.3 Å². The lowest BCUT2D eigenvalue weighted by atomic mass is 10.2. The highest BCUT2D eigenvalue weighted by atomic mass is 127. The number of hydrogen-bond donors (Lipinski definition) is 1. The van der Waals surface area contributed by atoms with Crippen molar-refractivity contribution in [2.75, 3.05) is 24.6 Å². The molecule has 6 nitrogen and oxygen atoms in total. The molecule has 1 aliphatic rings. The normalized spacial score (nSPS) is 18.5. The Morgan fingerprint density at radius 2 is 1.73 bits per heavy atom. The smallest absolute Gasteiger partial charge is 0.251 e. The highest BCUT2D eigenvalue weighted by Crippen LogP contribution is 2.08. The van der Waals surface area contributed by atoms with Crippen molar-refractivity contribution >= 4 is 44.2 Å². The van der Waals surface area contributed by atoms with Crippen LogP contribution < -0.4 is 5.32 Å². The van der Waals surface area contributed by atoms with E-state index in [2.05, 4.69) is 27.9 Å². The second kappa shape index (κ2) is 6.95. The summed E-state index contributed by atoms with van der Waals surface area (Å²) in [6.07, 6.45) is 0. The van der Waals surface area contributed by atoms with Gasteiger partial charge in [-0.25, -0.2) is 8.42 Å². The molecule has 22 heavy (non-hydrogen) atoms. The molecule has 1 atom stereocenters. The fourth-order valence-electron chi connectivity index (χ4n) is 2.15. The zero-order chi connectivity index (χ0) is 16.3. The van der Waals surface area contributed by atoms with Crippen molar-refractivity contribution in [3.05, 3.63) is 33.4 Å². The standard InChI is InChI=1S/C14H17IN2O4S/c1-10(14(19)17-6-8-22(20,21)9-7-17)16-13(18)11-2-4-12(15)5-3-11/h2-5,10H,6-9H2,1H3,(H,16,18). The third-order valence-corrected chi connectivity index (χ3v) is 5.81. The van der Waals surface area contributed by atoms with Crippen LogP contribution in [0.1, 0.15) is 17.3 Å². The van der Waals surface area contributed by atoms with E-state index >= 15 is 0 Å². The van der Waals surface area contributed by atoms with Gasteiger partial charge in [0.15, 0.2) is 9.84 Å². The van der Waals surface area contributed by atoms with Crippen LogP contribution >= 0.6 is 22.6 Å². The molecule has 1 aromatic carbocycles. The lowest BCUT2D eigenvalue weighted by molar-refractivity contribution is -0.132. The first-order chi connectivity index (χ1) is 10.3. The molecule has 8 heteroatoms. The second-order valence-corrected chi connectivity index (χ2v) is 8.73. The number of carbonyl (C=O) groups is 2. The summed E-state index contributed by atoms with van der Waals surface area (Å²) in [6, 6.07) is 6.34. The van der Waals surface area contributed by atoms with Crippen LogP contribution in [0.25, 0.3) is 0 Å². The van der Waals surface area contributed by atoms with Gasteiger partial charge in [0.2, 0.25) is 5.91 Å². The summed E-state index contributed by atoms with van der Waals surface area (Å²) in [7, 11) is -3.03. The Bertz CT molecular complexity index is 659. The van der Waals surface area contributed by atoms with Gasteiger partial charge in [0.25, 0.3) is 5.91 Å². The third kappa shape index (κ3) is 4.42. The van der Waals surface area contributed by atoms with Crippen molar-refractivity contribution in [3.8, 4) is 0 Å². The van der Waals surface area contributed by atoms with Crippen molar-refractivity contribution < 1.29 is 18.0 Å².